The van der Waals surface area contributed by atoms with Crippen molar-refractivity contribution in [2.45, 2.75) is 13.0 Å². The van der Waals surface area contributed by atoms with Crippen LogP contribution in [0.15, 0.2) is 54.6 Å². The van der Waals surface area contributed by atoms with Gasteiger partial charge in [0, 0.05) is 38.3 Å². The Morgan fingerprint density at radius 3 is 2.65 bits per heavy atom. The zero-order valence-corrected chi connectivity index (χ0v) is 15.0. The highest BCUT2D eigenvalue weighted by Gasteiger charge is 2.20. The number of carbonyl (C=O) groups excluding carboxylic acids is 1. The fourth-order valence-electron chi connectivity index (χ4n) is 3.25. The molecular weight excluding hydrogens is 328 g/mol. The highest BCUT2D eigenvalue weighted by atomic mass is 16.5. The second-order valence-corrected chi connectivity index (χ2v) is 6.51. The lowest BCUT2D eigenvalue weighted by Gasteiger charge is -2.22. The quantitative estimate of drug-likeness (QED) is 0.866. The molecule has 0 spiro atoms. The largest absolute Gasteiger partial charge is 0.491 e. The number of amides is 1. The van der Waals surface area contributed by atoms with Gasteiger partial charge in [-0.3, -0.25) is 9.69 Å². The van der Waals surface area contributed by atoms with Crippen molar-refractivity contribution in [2.24, 2.45) is 0 Å². The van der Waals surface area contributed by atoms with Crippen molar-refractivity contribution < 1.29 is 14.6 Å². The molecule has 0 radical (unpaired) electrons. The molecule has 1 fully saturated rings. The summed E-state index contributed by atoms with van der Waals surface area (Å²) in [6.45, 7) is 4.54. The van der Waals surface area contributed by atoms with Crippen LogP contribution in [0.4, 0.5) is 0 Å². The predicted octanol–water partition coefficient (Wildman–Crippen LogP) is 2.41. The van der Waals surface area contributed by atoms with Gasteiger partial charge in [0.1, 0.15) is 12.4 Å². The molecule has 1 heterocycles. The summed E-state index contributed by atoms with van der Waals surface area (Å²) in [5, 5.41) is 8.88. The number of ether oxygens (including phenoxy) is 1. The molecule has 1 amide bonds. The minimum Gasteiger partial charge on any atom is -0.491 e. The molecule has 2 aromatic rings. The molecule has 0 unspecified atom stereocenters. The Bertz CT molecular complexity index is 705. The Labute approximate surface area is 154 Å². The fraction of sp³-hybridized carbons (Fsp3) is 0.381. The zero-order chi connectivity index (χ0) is 18.2. The van der Waals surface area contributed by atoms with Crippen molar-refractivity contribution in [3.63, 3.8) is 0 Å². The number of carbonyl (C=O) groups is 1. The van der Waals surface area contributed by atoms with Gasteiger partial charge in [0.2, 0.25) is 0 Å². The third-order valence-corrected chi connectivity index (χ3v) is 4.56. The molecule has 5 nitrogen and oxygen atoms in total. The number of rotatable bonds is 6. The number of benzene rings is 2. The van der Waals surface area contributed by atoms with Gasteiger partial charge in [-0.2, -0.15) is 0 Å². The van der Waals surface area contributed by atoms with Gasteiger partial charge in [-0.05, 0) is 36.2 Å². The van der Waals surface area contributed by atoms with Gasteiger partial charge >= 0.3 is 0 Å². The van der Waals surface area contributed by atoms with Crippen LogP contribution in [-0.4, -0.2) is 60.2 Å². The summed E-state index contributed by atoms with van der Waals surface area (Å²) in [6.07, 6.45) is 0.972. The number of nitrogens with zero attached hydrogens (tertiary/aromatic N) is 2. The van der Waals surface area contributed by atoms with Gasteiger partial charge in [-0.25, -0.2) is 0 Å². The van der Waals surface area contributed by atoms with E-state index in [-0.39, 0.29) is 12.5 Å². The lowest BCUT2D eigenvalue weighted by Crippen LogP contribution is -2.35. The Morgan fingerprint density at radius 2 is 1.85 bits per heavy atom. The van der Waals surface area contributed by atoms with Crippen LogP contribution in [0.2, 0.25) is 0 Å². The van der Waals surface area contributed by atoms with E-state index in [0.717, 1.165) is 50.5 Å². The van der Waals surface area contributed by atoms with Crippen molar-refractivity contribution in [3.05, 3.63) is 65.7 Å². The van der Waals surface area contributed by atoms with Crippen molar-refractivity contribution in [2.75, 3.05) is 39.4 Å². The second-order valence-electron chi connectivity index (χ2n) is 6.51. The smallest absolute Gasteiger partial charge is 0.253 e. The Balaban J connectivity index is 1.56. The van der Waals surface area contributed by atoms with E-state index in [0.29, 0.717) is 6.61 Å². The van der Waals surface area contributed by atoms with E-state index >= 15 is 0 Å². The van der Waals surface area contributed by atoms with Crippen molar-refractivity contribution in [3.8, 4) is 5.75 Å². The van der Waals surface area contributed by atoms with E-state index in [1.165, 1.54) is 5.56 Å². The van der Waals surface area contributed by atoms with Crippen LogP contribution in [0.5, 0.6) is 5.75 Å². The topological polar surface area (TPSA) is 53.0 Å². The van der Waals surface area contributed by atoms with Crippen LogP contribution in [0.1, 0.15) is 22.3 Å². The molecule has 0 bridgehead atoms. The van der Waals surface area contributed by atoms with Crippen molar-refractivity contribution >= 4 is 5.91 Å². The number of hydrogen-bond acceptors (Lipinski definition) is 4. The maximum Gasteiger partial charge on any atom is 0.253 e. The predicted molar refractivity (Wildman–Crippen MR) is 101 cm³/mol. The van der Waals surface area contributed by atoms with E-state index in [1.807, 2.05) is 53.4 Å². The van der Waals surface area contributed by atoms with Gasteiger partial charge < -0.3 is 14.7 Å². The Morgan fingerprint density at radius 1 is 1.00 bits per heavy atom. The van der Waals surface area contributed by atoms with Crippen LogP contribution in [0.25, 0.3) is 0 Å². The fourth-order valence-corrected chi connectivity index (χ4v) is 3.25. The first kappa shape index (κ1) is 18.4. The van der Waals surface area contributed by atoms with E-state index in [9.17, 15) is 4.79 Å². The lowest BCUT2D eigenvalue weighted by atomic mass is 10.2. The molecule has 1 saturated heterocycles. The molecule has 26 heavy (non-hydrogen) atoms. The first-order chi connectivity index (χ1) is 12.8. The molecule has 138 valence electrons. The minimum absolute atomic E-state index is 0.0155. The monoisotopic (exact) mass is 354 g/mol. The standard InChI is InChI=1S/C21H26N2O3/c24-14-15-26-20-9-4-6-18(16-20)17-22-10-5-11-23(13-12-22)21(25)19-7-2-1-3-8-19/h1-4,6-9,16,24H,5,10-15,17H2. The van der Waals surface area contributed by atoms with E-state index in [4.69, 9.17) is 9.84 Å². The Hall–Kier alpha value is -2.37. The molecule has 1 aliphatic heterocycles. The van der Waals surface area contributed by atoms with Crippen LogP contribution in [-0.2, 0) is 6.54 Å². The first-order valence-electron chi connectivity index (χ1n) is 9.15. The Kier molecular flexibility index (Phi) is 6.63. The van der Waals surface area contributed by atoms with Crippen molar-refractivity contribution in [1.29, 1.82) is 0 Å². The normalized spacial score (nSPS) is 15.5. The third kappa shape index (κ3) is 5.07. The second kappa shape index (κ2) is 9.36. The molecule has 5 heteroatoms. The average molecular weight is 354 g/mol. The SMILES string of the molecule is O=C(c1ccccc1)N1CCCN(Cc2cccc(OCCO)c2)CC1. The van der Waals surface area contributed by atoms with Crippen molar-refractivity contribution in [1.82, 2.24) is 9.80 Å². The summed E-state index contributed by atoms with van der Waals surface area (Å²) < 4.78 is 5.49. The van der Waals surface area contributed by atoms with Crippen LogP contribution < -0.4 is 4.74 Å². The number of aliphatic hydroxyl groups excluding tert-OH is 1. The maximum atomic E-state index is 12.6. The molecule has 2 aromatic carbocycles. The number of hydrogen-bond donors (Lipinski definition) is 1. The minimum atomic E-state index is 0.0155. The summed E-state index contributed by atoms with van der Waals surface area (Å²) >= 11 is 0. The van der Waals surface area contributed by atoms with Crippen LogP contribution >= 0.6 is 0 Å². The summed E-state index contributed by atoms with van der Waals surface area (Å²) in [7, 11) is 0. The van der Waals surface area contributed by atoms with Gasteiger partial charge in [-0.1, -0.05) is 30.3 Å². The maximum absolute atomic E-state index is 12.6. The summed E-state index contributed by atoms with van der Waals surface area (Å²) in [5.41, 5.74) is 1.94. The van der Waals surface area contributed by atoms with Gasteiger partial charge in [0.25, 0.3) is 5.91 Å². The summed E-state index contributed by atoms with van der Waals surface area (Å²) in [6, 6.07) is 17.5. The lowest BCUT2D eigenvalue weighted by molar-refractivity contribution is 0.0761. The van der Waals surface area contributed by atoms with E-state index in [1.54, 1.807) is 0 Å². The molecule has 0 aromatic heterocycles. The first-order valence-corrected chi connectivity index (χ1v) is 9.15. The molecule has 0 atom stereocenters. The molecular formula is C21H26N2O3. The third-order valence-electron chi connectivity index (χ3n) is 4.56. The van der Waals surface area contributed by atoms with E-state index < -0.39 is 0 Å². The summed E-state index contributed by atoms with van der Waals surface area (Å²) in [5.74, 6) is 0.902. The average Bonchev–Trinajstić information content (AvgIpc) is 2.92. The summed E-state index contributed by atoms with van der Waals surface area (Å²) in [4.78, 5) is 17.0. The molecule has 1 N–H and O–H groups in total. The number of aliphatic hydroxyl groups is 1. The molecule has 1 aliphatic rings. The molecule has 3 rings (SSSR count). The van der Waals surface area contributed by atoms with Gasteiger partial charge in [-0.15, -0.1) is 0 Å². The van der Waals surface area contributed by atoms with Crippen LogP contribution in [0.3, 0.4) is 0 Å². The molecule has 0 saturated carbocycles. The zero-order valence-electron chi connectivity index (χ0n) is 15.0. The molecule has 0 aliphatic carbocycles. The van der Waals surface area contributed by atoms with Gasteiger partial charge in [0.15, 0.2) is 0 Å². The van der Waals surface area contributed by atoms with E-state index in [2.05, 4.69) is 11.0 Å². The highest BCUT2D eigenvalue weighted by molar-refractivity contribution is 5.94. The van der Waals surface area contributed by atoms with Gasteiger partial charge in [0.05, 0.1) is 6.61 Å². The van der Waals surface area contributed by atoms with Crippen LogP contribution in [0, 0.1) is 0 Å². The highest BCUT2D eigenvalue weighted by Crippen LogP contribution is 2.16.